The van der Waals surface area contributed by atoms with Crippen LogP contribution in [0, 0.1) is 11.8 Å². The van der Waals surface area contributed by atoms with Gasteiger partial charge in [0, 0.05) is 30.6 Å². The van der Waals surface area contributed by atoms with Gasteiger partial charge >= 0.3 is 0 Å². The Bertz CT molecular complexity index is 953. The number of carbonyl (C=O) groups excluding carboxylic acids is 1. The lowest BCUT2D eigenvalue weighted by Crippen LogP contribution is -2.41. The van der Waals surface area contributed by atoms with Crippen molar-refractivity contribution in [3.8, 4) is 5.75 Å². The predicted octanol–water partition coefficient (Wildman–Crippen LogP) is 7.71. The van der Waals surface area contributed by atoms with Gasteiger partial charge in [0.05, 0.1) is 12.2 Å². The molecule has 1 aromatic rings. The van der Waals surface area contributed by atoms with Crippen LogP contribution in [0.25, 0.3) is 0 Å². The second-order valence-corrected chi connectivity index (χ2v) is 17.0. The highest BCUT2D eigenvalue weighted by atomic mass is 35.5. The summed E-state index contributed by atoms with van der Waals surface area (Å²) < 4.78 is 38.1. The molecule has 0 spiro atoms. The van der Waals surface area contributed by atoms with Gasteiger partial charge < -0.3 is 32.9 Å². The van der Waals surface area contributed by atoms with Gasteiger partial charge in [-0.3, -0.25) is 0 Å². The molecule has 3 fully saturated rings. The molecule has 7 nitrogen and oxygen atoms in total. The van der Waals surface area contributed by atoms with Gasteiger partial charge in [-0.1, -0.05) is 50.6 Å². The fraction of sp³-hybridized carbons (Fsp3) is 0.727. The number of rotatable bonds is 16. The maximum atomic E-state index is 12.0. The Morgan fingerprint density at radius 3 is 2.33 bits per heavy atom. The van der Waals surface area contributed by atoms with Crippen molar-refractivity contribution in [1.82, 2.24) is 0 Å². The van der Waals surface area contributed by atoms with E-state index in [1.54, 1.807) is 6.07 Å². The molecule has 0 aromatic heterocycles. The minimum absolute atomic E-state index is 0.00691. The normalized spacial score (nSPS) is 29.5. The molecule has 0 N–H and O–H groups in total. The number of hydrogen-bond donors (Lipinski definition) is 0. The van der Waals surface area contributed by atoms with Gasteiger partial charge in [-0.25, -0.2) is 0 Å². The van der Waals surface area contributed by atoms with Crippen LogP contribution in [0.4, 0.5) is 0 Å². The highest BCUT2D eigenvalue weighted by molar-refractivity contribution is 6.73. The smallest absolute Gasteiger partial charge is 0.192 e. The van der Waals surface area contributed by atoms with Crippen molar-refractivity contribution in [3.05, 3.63) is 41.4 Å². The van der Waals surface area contributed by atoms with Crippen LogP contribution in [0.15, 0.2) is 36.4 Å². The zero-order valence-corrected chi connectivity index (χ0v) is 27.5. The van der Waals surface area contributed by atoms with Crippen LogP contribution in [-0.2, 0) is 28.2 Å². The largest absolute Gasteiger partial charge is 0.490 e. The number of hydrogen-bond acceptors (Lipinski definition) is 7. The minimum Gasteiger partial charge on any atom is -0.490 e. The monoisotopic (exact) mass is 622 g/mol. The molecule has 1 aromatic carbocycles. The maximum Gasteiger partial charge on any atom is 0.192 e. The van der Waals surface area contributed by atoms with Crippen LogP contribution in [0.3, 0.4) is 0 Å². The van der Waals surface area contributed by atoms with E-state index in [2.05, 4.69) is 32.9 Å². The van der Waals surface area contributed by atoms with Crippen molar-refractivity contribution < 1.29 is 32.9 Å². The number of aldehydes is 1. The van der Waals surface area contributed by atoms with Crippen molar-refractivity contribution in [2.45, 2.75) is 121 Å². The van der Waals surface area contributed by atoms with Gasteiger partial charge in [0.2, 0.25) is 0 Å². The van der Waals surface area contributed by atoms with Gasteiger partial charge in [-0.05, 0) is 87.2 Å². The Labute approximate surface area is 258 Å². The predicted molar refractivity (Wildman–Crippen MR) is 167 cm³/mol. The SMILES string of the molecule is CC[Si](CC)(CC)OC1C[C@@H](OC2CCCCO2)[C@H](/C=C/[C@H](COc2cccc(Cl)c2)OC2CCCCO2)[C@H]1CC=O. The zero-order chi connectivity index (χ0) is 29.8. The standard InChI is InChI=1S/C33H51ClO7Si/c1-4-42(5-2,6-3)41-31-23-30(40-33-15-8-10-21-37-33)28(29(31)18-19-35)17-16-27(39-32-14-7-9-20-36-32)24-38-26-13-11-12-25(34)22-26/h11-13,16-17,19,22,27-33H,4-10,14-15,18,20-21,23-24H2,1-3H3/b17-16+/t27-,28-,29-,30-,31?,32?,33?/m1/s1. The third-order valence-corrected chi connectivity index (χ3v) is 14.2. The minimum atomic E-state index is -1.89. The topological polar surface area (TPSA) is 72.5 Å². The van der Waals surface area contributed by atoms with Crippen LogP contribution in [-0.4, -0.2) is 65.3 Å². The first-order valence-corrected chi connectivity index (χ1v) is 19.1. The number of halogens is 1. The maximum absolute atomic E-state index is 12.0. The second kappa shape index (κ2) is 17.3. The Hall–Kier alpha value is -1.26. The first kappa shape index (κ1) is 33.6. The molecule has 236 valence electrons. The van der Waals surface area contributed by atoms with Gasteiger partial charge in [-0.2, -0.15) is 0 Å². The van der Waals surface area contributed by atoms with Crippen molar-refractivity contribution in [2.24, 2.45) is 11.8 Å². The van der Waals surface area contributed by atoms with Crippen molar-refractivity contribution in [1.29, 1.82) is 0 Å². The first-order valence-electron chi connectivity index (χ1n) is 16.2. The lowest BCUT2D eigenvalue weighted by Gasteiger charge is -2.34. The van der Waals surface area contributed by atoms with E-state index in [1.165, 1.54) is 0 Å². The molecular weight excluding hydrogens is 572 g/mol. The van der Waals surface area contributed by atoms with E-state index in [9.17, 15) is 4.79 Å². The van der Waals surface area contributed by atoms with E-state index < -0.39 is 8.32 Å². The molecule has 2 heterocycles. The summed E-state index contributed by atoms with van der Waals surface area (Å²) in [6.07, 6.45) is 11.6. The summed E-state index contributed by atoms with van der Waals surface area (Å²) in [6, 6.07) is 10.6. The van der Waals surface area contributed by atoms with Crippen LogP contribution in [0.5, 0.6) is 5.75 Å². The summed E-state index contributed by atoms with van der Waals surface area (Å²) >= 11 is 6.19. The lowest BCUT2D eigenvalue weighted by molar-refractivity contribution is -0.193. The van der Waals surface area contributed by atoms with E-state index in [-0.39, 0.29) is 42.7 Å². The van der Waals surface area contributed by atoms with Crippen LogP contribution in [0.1, 0.15) is 72.1 Å². The van der Waals surface area contributed by atoms with Gasteiger partial charge in [0.15, 0.2) is 20.9 Å². The quantitative estimate of drug-likeness (QED) is 0.106. The van der Waals surface area contributed by atoms with E-state index in [0.29, 0.717) is 30.4 Å². The molecule has 3 unspecified atom stereocenters. The van der Waals surface area contributed by atoms with E-state index >= 15 is 0 Å². The number of carbonyl (C=O) groups is 1. The number of benzene rings is 1. The molecule has 7 atom stereocenters. The lowest BCUT2D eigenvalue weighted by atomic mass is 9.90. The van der Waals surface area contributed by atoms with E-state index in [4.69, 9.17) is 39.7 Å². The van der Waals surface area contributed by atoms with Crippen molar-refractivity contribution in [2.75, 3.05) is 19.8 Å². The summed E-state index contributed by atoms with van der Waals surface area (Å²) in [5, 5.41) is 0.626. The van der Waals surface area contributed by atoms with Gasteiger partial charge in [0.25, 0.3) is 0 Å². The molecular formula is C33H51ClO7Si. The summed E-state index contributed by atoms with van der Waals surface area (Å²) in [5.74, 6) is 0.717. The van der Waals surface area contributed by atoms with E-state index in [1.807, 2.05) is 18.2 Å². The van der Waals surface area contributed by atoms with Crippen molar-refractivity contribution >= 4 is 26.2 Å². The van der Waals surface area contributed by atoms with E-state index in [0.717, 1.165) is 76.0 Å². The van der Waals surface area contributed by atoms with Crippen LogP contribution < -0.4 is 4.74 Å². The Balaban J connectivity index is 1.56. The highest BCUT2D eigenvalue weighted by Gasteiger charge is 2.47. The van der Waals surface area contributed by atoms with Gasteiger partial charge in [-0.15, -0.1) is 0 Å². The van der Waals surface area contributed by atoms with Crippen molar-refractivity contribution in [3.63, 3.8) is 0 Å². The molecule has 2 saturated heterocycles. The molecule has 1 saturated carbocycles. The first-order chi connectivity index (χ1) is 20.5. The molecule has 3 aliphatic rings. The third kappa shape index (κ3) is 9.62. The molecule has 42 heavy (non-hydrogen) atoms. The fourth-order valence-corrected chi connectivity index (χ4v) is 9.62. The summed E-state index contributed by atoms with van der Waals surface area (Å²) in [5.41, 5.74) is 0. The summed E-state index contributed by atoms with van der Waals surface area (Å²) in [7, 11) is -1.89. The Kier molecular flexibility index (Phi) is 13.8. The molecule has 2 aliphatic heterocycles. The summed E-state index contributed by atoms with van der Waals surface area (Å²) in [4.78, 5) is 12.0. The molecule has 1 aliphatic carbocycles. The third-order valence-electron chi connectivity index (χ3n) is 9.26. The average molecular weight is 623 g/mol. The molecule has 0 bridgehead atoms. The van der Waals surface area contributed by atoms with Crippen LogP contribution in [0.2, 0.25) is 23.2 Å². The zero-order valence-electron chi connectivity index (χ0n) is 25.7. The Morgan fingerprint density at radius 1 is 1.00 bits per heavy atom. The molecule has 0 radical (unpaired) electrons. The fourth-order valence-electron chi connectivity index (χ4n) is 6.53. The second-order valence-electron chi connectivity index (χ2n) is 11.9. The van der Waals surface area contributed by atoms with Crippen LogP contribution >= 0.6 is 11.6 Å². The molecule has 0 amide bonds. The van der Waals surface area contributed by atoms with Gasteiger partial charge in [0.1, 0.15) is 24.7 Å². The highest BCUT2D eigenvalue weighted by Crippen LogP contribution is 2.43. The number of ether oxygens (including phenoxy) is 5. The molecule has 4 rings (SSSR count). The summed E-state index contributed by atoms with van der Waals surface area (Å²) in [6.45, 7) is 8.49. The molecule has 9 heteroatoms. The Morgan fingerprint density at radius 2 is 1.71 bits per heavy atom. The average Bonchev–Trinajstić information content (AvgIpc) is 3.33.